The fraction of sp³-hybridized carbons (Fsp3) is 0.556. The molecule has 0 aromatic heterocycles. The third-order valence-electron chi connectivity index (χ3n) is 4.70. The van der Waals surface area contributed by atoms with Crippen molar-refractivity contribution in [2.75, 3.05) is 13.7 Å². The summed E-state index contributed by atoms with van der Waals surface area (Å²) in [7, 11) is 1.34. The van der Waals surface area contributed by atoms with Crippen LogP contribution in [0.25, 0.3) is 0 Å². The van der Waals surface area contributed by atoms with Crippen LogP contribution >= 0.6 is 0 Å². The van der Waals surface area contributed by atoms with Crippen LogP contribution in [0.2, 0.25) is 0 Å². The molecule has 1 fully saturated rings. The smallest absolute Gasteiger partial charge is 0.337 e. The van der Waals surface area contributed by atoms with E-state index in [4.69, 9.17) is 4.74 Å². The maximum Gasteiger partial charge on any atom is 0.337 e. The van der Waals surface area contributed by atoms with E-state index in [1.165, 1.54) is 13.5 Å². The first-order valence-corrected chi connectivity index (χ1v) is 8.11. The Hall–Kier alpha value is -2.04. The number of hydrogen-bond acceptors (Lipinski definition) is 4. The number of carbonyl (C=O) groups excluding carboxylic acids is 2. The monoisotopic (exact) mass is 319 g/mol. The van der Waals surface area contributed by atoms with Gasteiger partial charge in [0.05, 0.1) is 12.7 Å². The summed E-state index contributed by atoms with van der Waals surface area (Å²) in [5.74, 6) is 1.19. The molecule has 1 aromatic rings. The molecule has 126 valence electrons. The zero-order valence-electron chi connectivity index (χ0n) is 14.0. The molecule has 1 aliphatic carbocycles. The number of nitrogens with one attached hydrogen (secondary N) is 1. The van der Waals surface area contributed by atoms with Gasteiger partial charge in [0, 0.05) is 6.04 Å². The summed E-state index contributed by atoms with van der Waals surface area (Å²) < 4.78 is 10.1. The minimum Gasteiger partial charge on any atom is -0.484 e. The van der Waals surface area contributed by atoms with E-state index in [1.807, 2.05) is 0 Å². The molecule has 1 aliphatic rings. The fourth-order valence-electron chi connectivity index (χ4n) is 2.99. The molecule has 0 spiro atoms. The molecular weight excluding hydrogens is 294 g/mol. The van der Waals surface area contributed by atoms with E-state index in [-0.39, 0.29) is 18.6 Å². The third-order valence-corrected chi connectivity index (χ3v) is 4.70. The molecule has 1 N–H and O–H groups in total. The van der Waals surface area contributed by atoms with Gasteiger partial charge in [0.2, 0.25) is 0 Å². The van der Waals surface area contributed by atoms with Crippen LogP contribution in [0.15, 0.2) is 24.3 Å². The van der Waals surface area contributed by atoms with E-state index < -0.39 is 5.97 Å². The molecular formula is C18H25NO4. The number of hydrogen-bond donors (Lipinski definition) is 1. The Morgan fingerprint density at radius 1 is 1.17 bits per heavy atom. The third kappa shape index (κ3) is 4.71. The predicted octanol–water partition coefficient (Wildman–Crippen LogP) is 2.79. The number of amides is 1. The molecule has 2 rings (SSSR count). The number of rotatable bonds is 5. The number of esters is 1. The van der Waals surface area contributed by atoms with Crippen LogP contribution in [0.1, 0.15) is 43.5 Å². The van der Waals surface area contributed by atoms with Crippen molar-refractivity contribution in [3.05, 3.63) is 29.8 Å². The largest absolute Gasteiger partial charge is 0.484 e. The number of benzene rings is 1. The summed E-state index contributed by atoms with van der Waals surface area (Å²) in [6, 6.07) is 6.78. The summed E-state index contributed by atoms with van der Waals surface area (Å²) in [6.07, 6.45) is 3.42. The van der Waals surface area contributed by atoms with Crippen LogP contribution in [0, 0.1) is 11.8 Å². The lowest BCUT2D eigenvalue weighted by Crippen LogP contribution is -2.45. The quantitative estimate of drug-likeness (QED) is 0.848. The first-order valence-electron chi connectivity index (χ1n) is 8.11. The Morgan fingerprint density at radius 2 is 1.87 bits per heavy atom. The van der Waals surface area contributed by atoms with Gasteiger partial charge in [-0.25, -0.2) is 4.79 Å². The average molecular weight is 319 g/mol. The van der Waals surface area contributed by atoms with Gasteiger partial charge in [0.1, 0.15) is 5.75 Å². The summed E-state index contributed by atoms with van der Waals surface area (Å²) in [6.45, 7) is 4.42. The minimum absolute atomic E-state index is 0.0187. The van der Waals surface area contributed by atoms with Gasteiger partial charge < -0.3 is 14.8 Å². The topological polar surface area (TPSA) is 64.6 Å². The molecule has 0 radical (unpaired) electrons. The van der Waals surface area contributed by atoms with Crippen molar-refractivity contribution in [2.45, 2.75) is 39.2 Å². The second kappa shape index (κ2) is 7.99. The Bertz CT molecular complexity index is 540. The van der Waals surface area contributed by atoms with Crippen LogP contribution in [0.5, 0.6) is 5.75 Å². The molecule has 0 unspecified atom stereocenters. The standard InChI is InChI=1S/C18H25NO4/c1-12-5-4-6-16(13(12)2)19-17(20)11-23-15-9-7-14(8-10-15)18(21)22-3/h7-10,12-13,16H,4-6,11H2,1-3H3,(H,19,20)/t12-,13-,16-/m1/s1. The second-order valence-corrected chi connectivity index (χ2v) is 6.25. The minimum atomic E-state index is -0.394. The van der Waals surface area contributed by atoms with Crippen molar-refractivity contribution >= 4 is 11.9 Å². The lowest BCUT2D eigenvalue weighted by Gasteiger charge is -2.34. The zero-order chi connectivity index (χ0) is 16.8. The first-order chi connectivity index (χ1) is 11.0. The van der Waals surface area contributed by atoms with E-state index in [9.17, 15) is 9.59 Å². The maximum atomic E-state index is 12.0. The van der Waals surface area contributed by atoms with Crippen LogP contribution in [0.4, 0.5) is 0 Å². The molecule has 0 bridgehead atoms. The van der Waals surface area contributed by atoms with E-state index in [0.717, 1.165) is 12.8 Å². The molecule has 0 aliphatic heterocycles. The second-order valence-electron chi connectivity index (χ2n) is 6.25. The Morgan fingerprint density at radius 3 is 2.52 bits per heavy atom. The Kier molecular flexibility index (Phi) is 6.02. The molecule has 5 heteroatoms. The van der Waals surface area contributed by atoms with Gasteiger partial charge in [-0.15, -0.1) is 0 Å². The van der Waals surface area contributed by atoms with E-state index in [1.54, 1.807) is 24.3 Å². The Balaban J connectivity index is 1.81. The van der Waals surface area contributed by atoms with Gasteiger partial charge in [-0.2, -0.15) is 0 Å². The molecule has 1 saturated carbocycles. The average Bonchev–Trinajstić information content (AvgIpc) is 2.57. The molecule has 5 nitrogen and oxygen atoms in total. The Labute approximate surface area is 137 Å². The number of ether oxygens (including phenoxy) is 2. The lowest BCUT2D eigenvalue weighted by molar-refractivity contribution is -0.124. The van der Waals surface area contributed by atoms with Crippen molar-refractivity contribution in [3.63, 3.8) is 0 Å². The highest BCUT2D eigenvalue weighted by Crippen LogP contribution is 2.29. The van der Waals surface area contributed by atoms with Gasteiger partial charge in [-0.1, -0.05) is 26.7 Å². The van der Waals surface area contributed by atoms with Crippen molar-refractivity contribution < 1.29 is 19.1 Å². The summed E-state index contributed by atoms with van der Waals surface area (Å²) >= 11 is 0. The molecule has 3 atom stereocenters. The van der Waals surface area contributed by atoms with Crippen molar-refractivity contribution in [2.24, 2.45) is 11.8 Å². The predicted molar refractivity (Wildman–Crippen MR) is 87.4 cm³/mol. The van der Waals surface area contributed by atoms with E-state index in [2.05, 4.69) is 23.9 Å². The lowest BCUT2D eigenvalue weighted by atomic mass is 9.78. The van der Waals surface area contributed by atoms with Crippen LogP contribution < -0.4 is 10.1 Å². The molecule has 23 heavy (non-hydrogen) atoms. The maximum absolute atomic E-state index is 12.0. The highest BCUT2D eigenvalue weighted by molar-refractivity contribution is 5.89. The fourth-order valence-corrected chi connectivity index (χ4v) is 2.99. The van der Waals surface area contributed by atoms with Crippen molar-refractivity contribution in [1.82, 2.24) is 5.32 Å². The van der Waals surface area contributed by atoms with Gasteiger partial charge in [-0.3, -0.25) is 4.79 Å². The SMILES string of the molecule is COC(=O)c1ccc(OCC(=O)N[C@@H]2CCC[C@@H](C)[C@H]2C)cc1. The highest BCUT2D eigenvalue weighted by atomic mass is 16.5. The number of carbonyl (C=O) groups is 2. The first kappa shape index (κ1) is 17.3. The normalized spacial score (nSPS) is 23.9. The molecule has 0 heterocycles. The molecule has 1 aromatic carbocycles. The van der Waals surface area contributed by atoms with Crippen molar-refractivity contribution in [1.29, 1.82) is 0 Å². The summed E-state index contributed by atoms with van der Waals surface area (Å²) in [5, 5.41) is 3.07. The van der Waals surface area contributed by atoms with E-state index >= 15 is 0 Å². The number of methoxy groups -OCH3 is 1. The van der Waals surface area contributed by atoms with Crippen LogP contribution in [0.3, 0.4) is 0 Å². The highest BCUT2D eigenvalue weighted by Gasteiger charge is 2.28. The van der Waals surface area contributed by atoms with Gasteiger partial charge in [0.15, 0.2) is 6.61 Å². The van der Waals surface area contributed by atoms with Crippen molar-refractivity contribution in [3.8, 4) is 5.75 Å². The summed E-state index contributed by atoms with van der Waals surface area (Å²) in [5.41, 5.74) is 0.453. The van der Waals surface area contributed by atoms with E-state index in [0.29, 0.717) is 23.1 Å². The van der Waals surface area contributed by atoms with Gasteiger partial charge in [0.25, 0.3) is 5.91 Å². The summed E-state index contributed by atoms with van der Waals surface area (Å²) in [4.78, 5) is 23.4. The molecule has 0 saturated heterocycles. The van der Waals surface area contributed by atoms with Crippen LogP contribution in [-0.2, 0) is 9.53 Å². The zero-order valence-corrected chi connectivity index (χ0v) is 14.0. The van der Waals surface area contributed by atoms with Gasteiger partial charge >= 0.3 is 5.97 Å². The molecule has 1 amide bonds. The van der Waals surface area contributed by atoms with Gasteiger partial charge in [-0.05, 0) is 42.5 Å². The van der Waals surface area contributed by atoms with Crippen LogP contribution in [-0.4, -0.2) is 31.6 Å².